The number of amides is 2. The van der Waals surface area contributed by atoms with E-state index < -0.39 is 29.5 Å². The molecule has 0 radical (unpaired) electrons. The molecule has 0 unspecified atom stereocenters. The van der Waals surface area contributed by atoms with Gasteiger partial charge in [-0.3, -0.25) is 9.59 Å². The number of nitrogens with one attached hydrogen (secondary N) is 2. The van der Waals surface area contributed by atoms with Crippen molar-refractivity contribution < 1.29 is 37.0 Å². The second kappa shape index (κ2) is 11.0. The highest BCUT2D eigenvalue weighted by molar-refractivity contribution is 6.39. The van der Waals surface area contributed by atoms with Gasteiger partial charge in [-0.2, -0.15) is 18.3 Å². The molecule has 0 spiro atoms. The standard InChI is InChI=1S/C24H18F3N3O5/c1-34-20-5-3-2-4-19(20)23(33)35-18-12-6-15(7-13-18)14-28-30-22(32)21(31)29-17-10-8-16(9-11-17)24(25,26)27/h2-14H,1H3,(H,29,31)(H,30,32)/b28-14+. The highest BCUT2D eigenvalue weighted by Gasteiger charge is 2.30. The first-order valence-electron chi connectivity index (χ1n) is 9.94. The van der Waals surface area contributed by atoms with Crippen molar-refractivity contribution in [2.45, 2.75) is 6.18 Å². The van der Waals surface area contributed by atoms with E-state index in [0.717, 1.165) is 24.3 Å². The molecule has 0 fully saturated rings. The average molecular weight is 485 g/mol. The fourth-order valence-corrected chi connectivity index (χ4v) is 2.74. The maximum absolute atomic E-state index is 12.6. The smallest absolute Gasteiger partial charge is 0.416 e. The summed E-state index contributed by atoms with van der Waals surface area (Å²) in [6, 6.07) is 16.3. The maximum atomic E-state index is 12.6. The highest BCUT2D eigenvalue weighted by Crippen LogP contribution is 2.29. The van der Waals surface area contributed by atoms with E-state index in [1.807, 2.05) is 5.43 Å². The third-order valence-corrected chi connectivity index (χ3v) is 4.47. The number of hydrogen-bond donors (Lipinski definition) is 2. The van der Waals surface area contributed by atoms with E-state index in [4.69, 9.17) is 9.47 Å². The molecular weight excluding hydrogens is 467 g/mol. The molecule has 2 amide bonds. The molecule has 3 aromatic rings. The van der Waals surface area contributed by atoms with Crippen molar-refractivity contribution in [2.75, 3.05) is 12.4 Å². The number of carbonyl (C=O) groups excluding carboxylic acids is 3. The molecule has 0 heterocycles. The third-order valence-electron chi connectivity index (χ3n) is 4.47. The molecule has 0 atom stereocenters. The van der Waals surface area contributed by atoms with Gasteiger partial charge < -0.3 is 14.8 Å². The molecule has 0 aliphatic rings. The monoisotopic (exact) mass is 485 g/mol. The summed E-state index contributed by atoms with van der Waals surface area (Å²) >= 11 is 0. The molecule has 0 bridgehead atoms. The Morgan fingerprint density at radius 3 is 2.17 bits per heavy atom. The molecule has 11 heteroatoms. The summed E-state index contributed by atoms with van der Waals surface area (Å²) in [5, 5.41) is 5.82. The Bertz CT molecular complexity index is 1240. The van der Waals surface area contributed by atoms with E-state index in [1.165, 1.54) is 25.5 Å². The number of anilines is 1. The average Bonchev–Trinajstić information content (AvgIpc) is 2.84. The fraction of sp³-hybridized carbons (Fsp3) is 0.0833. The van der Waals surface area contributed by atoms with E-state index in [0.29, 0.717) is 11.3 Å². The molecule has 35 heavy (non-hydrogen) atoms. The van der Waals surface area contributed by atoms with Gasteiger partial charge in [-0.05, 0) is 66.2 Å². The van der Waals surface area contributed by atoms with Crippen molar-refractivity contribution in [3.63, 3.8) is 0 Å². The second-order valence-corrected chi connectivity index (χ2v) is 6.89. The lowest BCUT2D eigenvalue weighted by molar-refractivity contribution is -0.137. The van der Waals surface area contributed by atoms with Crippen LogP contribution in [0.3, 0.4) is 0 Å². The Kier molecular flexibility index (Phi) is 7.82. The number of halogens is 3. The zero-order valence-corrected chi connectivity index (χ0v) is 18.1. The minimum Gasteiger partial charge on any atom is -0.496 e. The summed E-state index contributed by atoms with van der Waals surface area (Å²) in [4.78, 5) is 36.0. The largest absolute Gasteiger partial charge is 0.496 e. The van der Waals surface area contributed by atoms with E-state index in [2.05, 4.69) is 10.4 Å². The zero-order valence-electron chi connectivity index (χ0n) is 18.1. The fourth-order valence-electron chi connectivity index (χ4n) is 2.74. The van der Waals surface area contributed by atoms with Crippen LogP contribution in [-0.4, -0.2) is 31.1 Å². The van der Waals surface area contributed by atoms with Crippen LogP contribution in [0, 0.1) is 0 Å². The minimum absolute atomic E-state index is 0.0142. The summed E-state index contributed by atoms with van der Waals surface area (Å²) in [5.74, 6) is -2.20. The van der Waals surface area contributed by atoms with Crippen molar-refractivity contribution in [1.29, 1.82) is 0 Å². The number of esters is 1. The van der Waals surface area contributed by atoms with Gasteiger partial charge in [0.15, 0.2) is 0 Å². The summed E-state index contributed by atoms with van der Waals surface area (Å²) in [6.07, 6.45) is -3.26. The van der Waals surface area contributed by atoms with Gasteiger partial charge >= 0.3 is 24.0 Å². The molecule has 0 saturated carbocycles. The number of carbonyl (C=O) groups is 3. The van der Waals surface area contributed by atoms with Crippen molar-refractivity contribution >= 4 is 29.7 Å². The number of para-hydroxylation sites is 1. The lowest BCUT2D eigenvalue weighted by Gasteiger charge is -2.08. The topological polar surface area (TPSA) is 106 Å². The number of rotatable bonds is 6. The van der Waals surface area contributed by atoms with Gasteiger partial charge in [-0.25, -0.2) is 10.2 Å². The zero-order chi connectivity index (χ0) is 25.4. The molecule has 0 aliphatic carbocycles. The molecule has 8 nitrogen and oxygen atoms in total. The van der Waals surface area contributed by atoms with Crippen LogP contribution in [0.1, 0.15) is 21.5 Å². The Balaban J connectivity index is 1.51. The van der Waals surface area contributed by atoms with Crippen molar-refractivity contribution in [2.24, 2.45) is 5.10 Å². The normalized spacial score (nSPS) is 11.1. The molecule has 0 saturated heterocycles. The number of hydrazone groups is 1. The van der Waals surface area contributed by atoms with Crippen LogP contribution in [-0.2, 0) is 15.8 Å². The van der Waals surface area contributed by atoms with Gasteiger partial charge in [-0.15, -0.1) is 0 Å². The van der Waals surface area contributed by atoms with Crippen LogP contribution in [0.15, 0.2) is 77.9 Å². The summed E-state index contributed by atoms with van der Waals surface area (Å²) in [6.45, 7) is 0. The third kappa shape index (κ3) is 6.90. The Labute approximate surface area is 197 Å². The molecule has 0 aromatic heterocycles. The van der Waals surface area contributed by atoms with Crippen LogP contribution in [0.2, 0.25) is 0 Å². The second-order valence-electron chi connectivity index (χ2n) is 6.89. The molecule has 180 valence electrons. The Morgan fingerprint density at radius 2 is 1.54 bits per heavy atom. The highest BCUT2D eigenvalue weighted by atomic mass is 19.4. The van der Waals surface area contributed by atoms with Gasteiger partial charge in [0.05, 0.1) is 18.9 Å². The quantitative estimate of drug-likeness (QED) is 0.180. The summed E-state index contributed by atoms with van der Waals surface area (Å²) < 4.78 is 48.2. The van der Waals surface area contributed by atoms with Gasteiger partial charge in [0.2, 0.25) is 0 Å². The minimum atomic E-state index is -4.51. The molecular formula is C24H18F3N3O5. The molecule has 0 aliphatic heterocycles. The predicted molar refractivity (Wildman–Crippen MR) is 120 cm³/mol. The van der Waals surface area contributed by atoms with Gasteiger partial charge in [0.1, 0.15) is 17.1 Å². The Morgan fingerprint density at radius 1 is 0.886 bits per heavy atom. The van der Waals surface area contributed by atoms with E-state index >= 15 is 0 Å². The van der Waals surface area contributed by atoms with Crippen molar-refractivity contribution in [3.8, 4) is 11.5 Å². The first-order valence-corrected chi connectivity index (χ1v) is 9.94. The number of alkyl halides is 3. The number of benzene rings is 3. The van der Waals surface area contributed by atoms with Gasteiger partial charge in [0, 0.05) is 5.69 Å². The number of methoxy groups -OCH3 is 1. The van der Waals surface area contributed by atoms with Crippen LogP contribution in [0.4, 0.5) is 18.9 Å². The first-order chi connectivity index (χ1) is 16.7. The van der Waals surface area contributed by atoms with Crippen LogP contribution in [0.5, 0.6) is 11.5 Å². The van der Waals surface area contributed by atoms with Gasteiger partial charge in [-0.1, -0.05) is 12.1 Å². The molecule has 3 rings (SSSR count). The van der Waals surface area contributed by atoms with E-state index in [-0.39, 0.29) is 17.0 Å². The van der Waals surface area contributed by atoms with E-state index in [9.17, 15) is 27.6 Å². The SMILES string of the molecule is COc1ccccc1C(=O)Oc1ccc(/C=N/NC(=O)C(=O)Nc2ccc(C(F)(F)F)cc2)cc1. The lowest BCUT2D eigenvalue weighted by Crippen LogP contribution is -2.32. The lowest BCUT2D eigenvalue weighted by atomic mass is 10.2. The number of ether oxygens (including phenoxy) is 2. The Hall–Kier alpha value is -4.67. The predicted octanol–water partition coefficient (Wildman–Crippen LogP) is 4.02. The van der Waals surface area contributed by atoms with Crippen LogP contribution >= 0.6 is 0 Å². The van der Waals surface area contributed by atoms with E-state index in [1.54, 1.807) is 36.4 Å². The molecule has 2 N–H and O–H groups in total. The number of nitrogens with zero attached hydrogens (tertiary/aromatic N) is 1. The maximum Gasteiger partial charge on any atom is 0.416 e. The summed E-state index contributed by atoms with van der Waals surface area (Å²) in [5.41, 5.74) is 1.92. The van der Waals surface area contributed by atoms with Crippen LogP contribution in [0.25, 0.3) is 0 Å². The molecule has 3 aromatic carbocycles. The van der Waals surface area contributed by atoms with Crippen molar-refractivity contribution in [1.82, 2.24) is 5.43 Å². The summed E-state index contributed by atoms with van der Waals surface area (Å²) in [7, 11) is 1.44. The van der Waals surface area contributed by atoms with Crippen LogP contribution < -0.4 is 20.2 Å². The first kappa shape index (κ1) is 25.0. The number of hydrogen-bond acceptors (Lipinski definition) is 6. The van der Waals surface area contributed by atoms with Gasteiger partial charge in [0.25, 0.3) is 0 Å². The van der Waals surface area contributed by atoms with Crippen molar-refractivity contribution in [3.05, 3.63) is 89.5 Å².